The minimum absolute atomic E-state index is 0.0812. The Hall–Kier alpha value is -0.850. The maximum Gasteiger partial charge on any atom is 0.460 e. The van der Waals surface area contributed by atoms with Crippen LogP contribution in [0.15, 0.2) is 0 Å². The van der Waals surface area contributed by atoms with Crippen molar-refractivity contribution in [2.75, 3.05) is 13.2 Å². The van der Waals surface area contributed by atoms with Crippen molar-refractivity contribution in [2.45, 2.75) is 120 Å². The molecule has 1 heterocycles. The normalized spacial score (nSPS) is 19.0. The van der Waals surface area contributed by atoms with Gasteiger partial charge in [0.15, 0.2) is 6.29 Å². The van der Waals surface area contributed by atoms with Gasteiger partial charge in [-0.2, -0.15) is 48.3 Å². The van der Waals surface area contributed by atoms with Crippen molar-refractivity contribution in [1.29, 1.82) is 0 Å². The van der Waals surface area contributed by atoms with Crippen LogP contribution in [0.25, 0.3) is 0 Å². The SMILES string of the molecule is FC(F)(F)C(F)(F)C(F)(F)C(F)(F)C(F)(F)CCCCCCCCCCCOC1CCCCO1. The van der Waals surface area contributed by atoms with Crippen LogP contribution in [0.3, 0.4) is 0 Å². The Labute approximate surface area is 191 Å². The number of hydrogen-bond acceptors (Lipinski definition) is 2. The van der Waals surface area contributed by atoms with Crippen molar-refractivity contribution in [3.63, 3.8) is 0 Å². The van der Waals surface area contributed by atoms with E-state index in [-0.39, 0.29) is 12.7 Å². The van der Waals surface area contributed by atoms with Crippen LogP contribution in [0.5, 0.6) is 0 Å². The maximum absolute atomic E-state index is 13.6. The van der Waals surface area contributed by atoms with Gasteiger partial charge in [0.1, 0.15) is 0 Å². The molecule has 0 spiro atoms. The summed E-state index contributed by atoms with van der Waals surface area (Å²) in [7, 11) is 0. The van der Waals surface area contributed by atoms with Gasteiger partial charge in [-0.1, -0.05) is 44.9 Å². The lowest BCUT2D eigenvalue weighted by molar-refractivity contribution is -0.422. The molecule has 1 saturated heterocycles. The highest BCUT2D eigenvalue weighted by atomic mass is 19.4. The average molecular weight is 524 g/mol. The van der Waals surface area contributed by atoms with E-state index in [0.29, 0.717) is 26.1 Å². The number of ether oxygens (including phenoxy) is 2. The molecule has 34 heavy (non-hydrogen) atoms. The highest BCUT2D eigenvalue weighted by Crippen LogP contribution is 2.58. The molecule has 1 aliphatic rings. The Kier molecular flexibility index (Phi) is 11.8. The molecule has 204 valence electrons. The highest BCUT2D eigenvalue weighted by molar-refractivity contribution is 5.06. The van der Waals surface area contributed by atoms with Crippen LogP contribution in [-0.4, -0.2) is 49.4 Å². The summed E-state index contributed by atoms with van der Waals surface area (Å²) in [6.07, 6.45) is -1.97. The van der Waals surface area contributed by atoms with E-state index in [1.54, 1.807) is 0 Å². The third kappa shape index (κ3) is 8.09. The van der Waals surface area contributed by atoms with Gasteiger partial charge in [0.05, 0.1) is 0 Å². The summed E-state index contributed by atoms with van der Waals surface area (Å²) >= 11 is 0. The van der Waals surface area contributed by atoms with Gasteiger partial charge in [-0.15, -0.1) is 0 Å². The zero-order valence-corrected chi connectivity index (χ0v) is 18.7. The molecule has 1 unspecified atom stereocenters. The van der Waals surface area contributed by atoms with Gasteiger partial charge in [0.25, 0.3) is 0 Å². The van der Waals surface area contributed by atoms with Crippen LogP contribution in [0.1, 0.15) is 83.5 Å². The van der Waals surface area contributed by atoms with Gasteiger partial charge in [-0.3, -0.25) is 0 Å². The average Bonchev–Trinajstić information content (AvgIpc) is 2.74. The molecule has 0 aromatic rings. The van der Waals surface area contributed by atoms with E-state index in [2.05, 4.69) is 0 Å². The number of halogens is 11. The zero-order valence-electron chi connectivity index (χ0n) is 18.7. The first-order valence-corrected chi connectivity index (χ1v) is 11.4. The monoisotopic (exact) mass is 524 g/mol. The summed E-state index contributed by atoms with van der Waals surface area (Å²) in [6.45, 7) is 1.28. The molecule has 0 radical (unpaired) electrons. The van der Waals surface area contributed by atoms with Crippen molar-refractivity contribution in [3.8, 4) is 0 Å². The molecular formula is C21H31F11O2. The Morgan fingerprint density at radius 1 is 0.588 bits per heavy atom. The van der Waals surface area contributed by atoms with E-state index in [0.717, 1.165) is 51.4 Å². The predicted molar refractivity (Wildman–Crippen MR) is 102 cm³/mol. The third-order valence-corrected chi connectivity index (χ3v) is 5.68. The molecule has 1 fully saturated rings. The van der Waals surface area contributed by atoms with E-state index < -0.39 is 42.7 Å². The number of unbranched alkanes of at least 4 members (excludes halogenated alkanes) is 8. The lowest BCUT2D eigenvalue weighted by Crippen LogP contribution is -2.66. The summed E-state index contributed by atoms with van der Waals surface area (Å²) in [6, 6.07) is 0. The number of hydrogen-bond donors (Lipinski definition) is 0. The van der Waals surface area contributed by atoms with Crippen molar-refractivity contribution in [2.24, 2.45) is 0 Å². The minimum Gasteiger partial charge on any atom is -0.353 e. The van der Waals surface area contributed by atoms with E-state index in [4.69, 9.17) is 9.47 Å². The fraction of sp³-hybridized carbons (Fsp3) is 1.00. The lowest BCUT2D eigenvalue weighted by atomic mass is 9.94. The second-order valence-corrected chi connectivity index (χ2v) is 8.52. The quantitative estimate of drug-likeness (QED) is 0.149. The molecule has 0 bridgehead atoms. The Morgan fingerprint density at radius 3 is 1.56 bits per heavy atom. The topological polar surface area (TPSA) is 18.5 Å². The maximum atomic E-state index is 13.6. The summed E-state index contributed by atoms with van der Waals surface area (Å²) in [4.78, 5) is 0. The lowest BCUT2D eigenvalue weighted by Gasteiger charge is -2.37. The second kappa shape index (κ2) is 12.9. The smallest absolute Gasteiger partial charge is 0.353 e. The van der Waals surface area contributed by atoms with Gasteiger partial charge in [-0.05, 0) is 32.1 Å². The van der Waals surface area contributed by atoms with Gasteiger partial charge in [0, 0.05) is 19.6 Å². The molecule has 1 rings (SSSR count). The zero-order chi connectivity index (χ0) is 26.1. The van der Waals surface area contributed by atoms with Crippen LogP contribution in [0.2, 0.25) is 0 Å². The molecule has 0 aromatic heterocycles. The van der Waals surface area contributed by atoms with Crippen molar-refractivity contribution < 1.29 is 57.8 Å². The third-order valence-electron chi connectivity index (χ3n) is 5.68. The van der Waals surface area contributed by atoms with Crippen molar-refractivity contribution in [1.82, 2.24) is 0 Å². The largest absolute Gasteiger partial charge is 0.460 e. The molecular weight excluding hydrogens is 493 g/mol. The summed E-state index contributed by atoms with van der Waals surface area (Å²) in [5.41, 5.74) is 0. The predicted octanol–water partition coefficient (Wildman–Crippen LogP) is 8.53. The molecule has 13 heteroatoms. The standard InChI is InChI=1S/C21H31F11O2/c22-17(23,18(24,25)19(26,27)20(28,29)21(30,31)32)13-9-6-4-2-1-3-5-7-10-14-33-16-12-8-11-15-34-16/h16H,1-15H2. The fourth-order valence-corrected chi connectivity index (χ4v) is 3.51. The summed E-state index contributed by atoms with van der Waals surface area (Å²) < 4.78 is 153. The molecule has 1 atom stereocenters. The molecule has 0 aromatic carbocycles. The highest BCUT2D eigenvalue weighted by Gasteiger charge is 2.86. The first kappa shape index (κ1) is 31.2. The van der Waals surface area contributed by atoms with E-state index in [1.807, 2.05) is 0 Å². The van der Waals surface area contributed by atoms with E-state index >= 15 is 0 Å². The van der Waals surface area contributed by atoms with Gasteiger partial charge in [0.2, 0.25) is 0 Å². The molecule has 2 nitrogen and oxygen atoms in total. The van der Waals surface area contributed by atoms with Crippen LogP contribution in [-0.2, 0) is 9.47 Å². The Morgan fingerprint density at radius 2 is 1.09 bits per heavy atom. The summed E-state index contributed by atoms with van der Waals surface area (Å²) in [5, 5.41) is 0. The molecule has 0 N–H and O–H groups in total. The summed E-state index contributed by atoms with van der Waals surface area (Å²) in [5.74, 6) is -27.2. The van der Waals surface area contributed by atoms with Crippen LogP contribution >= 0.6 is 0 Å². The van der Waals surface area contributed by atoms with Gasteiger partial charge >= 0.3 is 29.9 Å². The Bertz CT molecular complexity index is 574. The van der Waals surface area contributed by atoms with Crippen molar-refractivity contribution in [3.05, 3.63) is 0 Å². The Balaban J connectivity index is 2.21. The first-order valence-electron chi connectivity index (χ1n) is 11.4. The fourth-order valence-electron chi connectivity index (χ4n) is 3.51. The molecule has 0 amide bonds. The molecule has 1 aliphatic heterocycles. The first-order chi connectivity index (χ1) is 15.6. The minimum atomic E-state index is -7.32. The van der Waals surface area contributed by atoms with Crippen molar-refractivity contribution >= 4 is 0 Å². The molecule has 0 saturated carbocycles. The van der Waals surface area contributed by atoms with E-state index in [9.17, 15) is 48.3 Å². The van der Waals surface area contributed by atoms with Crippen LogP contribution < -0.4 is 0 Å². The number of alkyl halides is 11. The van der Waals surface area contributed by atoms with Crippen LogP contribution in [0.4, 0.5) is 48.3 Å². The second-order valence-electron chi connectivity index (χ2n) is 8.52. The van der Waals surface area contributed by atoms with Gasteiger partial charge in [-0.25, -0.2) is 0 Å². The van der Waals surface area contributed by atoms with Gasteiger partial charge < -0.3 is 9.47 Å². The molecule has 0 aliphatic carbocycles. The van der Waals surface area contributed by atoms with E-state index in [1.165, 1.54) is 0 Å². The number of rotatable bonds is 16. The van der Waals surface area contributed by atoms with Crippen LogP contribution in [0, 0.1) is 0 Å².